The van der Waals surface area contributed by atoms with Gasteiger partial charge in [-0.05, 0) is 36.8 Å². The van der Waals surface area contributed by atoms with Crippen LogP contribution in [-0.4, -0.2) is 35.5 Å². The van der Waals surface area contributed by atoms with E-state index in [0.29, 0.717) is 39.2 Å². The maximum atomic E-state index is 15.1. The second-order valence-electron chi connectivity index (χ2n) is 8.09. The average Bonchev–Trinajstić information content (AvgIpc) is 3.45. The number of nitrogens with one attached hydrogen (secondary N) is 1. The van der Waals surface area contributed by atoms with Crippen LogP contribution < -0.4 is 15.8 Å². The van der Waals surface area contributed by atoms with Crippen molar-refractivity contribution in [2.45, 2.75) is 6.92 Å². The molecule has 3 heterocycles. The van der Waals surface area contributed by atoms with E-state index in [2.05, 4.69) is 32.2 Å². The molecule has 5 aromatic rings. The number of carbonyl (C=O) groups is 1. The number of benzene rings is 2. The number of nitrogens with zero attached hydrogens (tertiary/aromatic N) is 6. The Morgan fingerprint density at radius 3 is 2.53 bits per heavy atom. The van der Waals surface area contributed by atoms with E-state index in [1.54, 1.807) is 61.2 Å². The molecule has 2 aromatic carbocycles. The zero-order valence-corrected chi connectivity index (χ0v) is 19.4. The molecule has 0 saturated carbocycles. The summed E-state index contributed by atoms with van der Waals surface area (Å²) >= 11 is 0. The van der Waals surface area contributed by atoms with Gasteiger partial charge in [0.25, 0.3) is 5.91 Å². The smallest absolute Gasteiger partial charge is 0.250 e. The van der Waals surface area contributed by atoms with Gasteiger partial charge in [-0.1, -0.05) is 24.8 Å². The first-order chi connectivity index (χ1) is 17.3. The molecule has 5 rings (SSSR count). The van der Waals surface area contributed by atoms with Crippen molar-refractivity contribution in [3.05, 3.63) is 79.0 Å². The average molecular weight is 484 g/mol. The normalized spacial score (nSPS) is 11.0. The van der Waals surface area contributed by atoms with Gasteiger partial charge in [0.1, 0.15) is 17.5 Å². The van der Waals surface area contributed by atoms with Crippen molar-refractivity contribution in [3.8, 4) is 34.0 Å². The van der Waals surface area contributed by atoms with Crippen LogP contribution in [0.5, 0.6) is 11.6 Å². The molecule has 0 aliphatic rings. The number of hydrogen-bond donors (Lipinski definition) is 2. The topological polar surface area (TPSA) is 125 Å². The van der Waals surface area contributed by atoms with Crippen LogP contribution in [0, 0.1) is 5.82 Å². The van der Waals surface area contributed by atoms with E-state index < -0.39 is 5.82 Å². The third-order valence-electron chi connectivity index (χ3n) is 5.40. The molecule has 0 fully saturated rings. The zero-order chi connectivity index (χ0) is 25.4. The van der Waals surface area contributed by atoms with Gasteiger partial charge in [-0.3, -0.25) is 9.48 Å². The minimum atomic E-state index is -0.586. The van der Waals surface area contributed by atoms with Crippen molar-refractivity contribution < 1.29 is 13.9 Å². The lowest BCUT2D eigenvalue weighted by molar-refractivity contribution is -0.112. The van der Waals surface area contributed by atoms with Gasteiger partial charge in [0.05, 0.1) is 0 Å². The molecule has 0 bridgehead atoms. The van der Waals surface area contributed by atoms with Crippen molar-refractivity contribution in [2.75, 3.05) is 11.1 Å². The fraction of sp³-hybridized carbons (Fsp3) is 0.0800. The summed E-state index contributed by atoms with van der Waals surface area (Å²) in [6.45, 7) is 5.27. The number of anilines is 2. The standard InChI is InChI=1S/C25H21FN8O2/c1-14(2)25(35)30-17-7-4-15(5-8-17)22-21(23-24(27)28-13-29-34(23)32-22)16-6-9-19(18(26)12-16)36-20-10-11-33(3)31-20/h4-13H,1H2,2-3H3,(H,30,35)(H2,27,28,29). The summed E-state index contributed by atoms with van der Waals surface area (Å²) in [5, 5.41) is 15.6. The Hall–Kier alpha value is -5.06. The van der Waals surface area contributed by atoms with Gasteiger partial charge in [0.15, 0.2) is 17.4 Å². The van der Waals surface area contributed by atoms with E-state index in [4.69, 9.17) is 10.5 Å². The molecule has 0 spiro atoms. The first-order valence-corrected chi connectivity index (χ1v) is 10.8. The van der Waals surface area contributed by atoms with Crippen molar-refractivity contribution in [1.82, 2.24) is 29.6 Å². The van der Waals surface area contributed by atoms with Gasteiger partial charge in [-0.15, -0.1) is 19.9 Å². The number of hydrogen-bond acceptors (Lipinski definition) is 7. The summed E-state index contributed by atoms with van der Waals surface area (Å²) < 4.78 is 23.6. The van der Waals surface area contributed by atoms with Crippen molar-refractivity contribution in [1.29, 1.82) is 0 Å². The molecule has 36 heavy (non-hydrogen) atoms. The molecule has 3 N–H and O–H groups in total. The fourth-order valence-corrected chi connectivity index (χ4v) is 3.64. The molecule has 11 heteroatoms. The number of ether oxygens (including phenoxy) is 1. The number of aryl methyl sites for hydroxylation is 1. The van der Waals surface area contributed by atoms with Gasteiger partial charge >= 0.3 is 0 Å². The highest BCUT2D eigenvalue weighted by molar-refractivity contribution is 6.03. The molecular formula is C25H21FN8O2. The number of carbonyl (C=O) groups excluding carboxylic acids is 1. The quantitative estimate of drug-likeness (QED) is 0.346. The largest absolute Gasteiger partial charge is 0.434 e. The summed E-state index contributed by atoms with van der Waals surface area (Å²) in [6, 6.07) is 13.3. The Balaban J connectivity index is 1.57. The third-order valence-corrected chi connectivity index (χ3v) is 5.40. The van der Waals surface area contributed by atoms with E-state index in [0.717, 1.165) is 0 Å². The first kappa shape index (κ1) is 22.7. The maximum Gasteiger partial charge on any atom is 0.250 e. The van der Waals surface area contributed by atoms with Gasteiger partial charge in [0.2, 0.25) is 5.88 Å². The van der Waals surface area contributed by atoms with E-state index >= 15 is 4.39 Å². The number of amides is 1. The van der Waals surface area contributed by atoms with E-state index in [9.17, 15) is 4.79 Å². The summed E-state index contributed by atoms with van der Waals surface area (Å²) in [4.78, 5) is 16.0. The summed E-state index contributed by atoms with van der Waals surface area (Å²) in [6.07, 6.45) is 2.99. The highest BCUT2D eigenvalue weighted by Crippen LogP contribution is 2.38. The molecule has 0 radical (unpaired) electrons. The molecule has 0 aliphatic heterocycles. The van der Waals surface area contributed by atoms with Crippen molar-refractivity contribution >= 4 is 22.9 Å². The molecule has 0 atom stereocenters. The number of rotatable bonds is 6. The molecule has 180 valence electrons. The molecular weight excluding hydrogens is 463 g/mol. The van der Waals surface area contributed by atoms with Crippen LogP contribution in [0.3, 0.4) is 0 Å². The first-order valence-electron chi connectivity index (χ1n) is 10.8. The van der Waals surface area contributed by atoms with E-state index in [1.807, 2.05) is 0 Å². The highest BCUT2D eigenvalue weighted by atomic mass is 19.1. The Morgan fingerprint density at radius 2 is 1.86 bits per heavy atom. The molecule has 0 saturated heterocycles. The van der Waals surface area contributed by atoms with Crippen molar-refractivity contribution in [3.63, 3.8) is 0 Å². The maximum absolute atomic E-state index is 15.1. The predicted molar refractivity (Wildman–Crippen MR) is 133 cm³/mol. The van der Waals surface area contributed by atoms with Crippen LogP contribution >= 0.6 is 0 Å². The van der Waals surface area contributed by atoms with Crippen LogP contribution in [0.2, 0.25) is 0 Å². The number of fused-ring (bicyclic) bond motifs is 1. The lowest BCUT2D eigenvalue weighted by Crippen LogP contribution is -2.11. The Morgan fingerprint density at radius 1 is 1.11 bits per heavy atom. The van der Waals surface area contributed by atoms with Crippen LogP contribution in [0.1, 0.15) is 6.92 Å². The monoisotopic (exact) mass is 484 g/mol. The second-order valence-corrected chi connectivity index (χ2v) is 8.09. The lowest BCUT2D eigenvalue weighted by atomic mass is 9.99. The SMILES string of the molecule is C=C(C)C(=O)Nc1ccc(-c2nn3ncnc(N)c3c2-c2ccc(Oc3ccn(C)n3)c(F)c2)cc1. The van der Waals surface area contributed by atoms with Crippen molar-refractivity contribution in [2.24, 2.45) is 7.05 Å². The number of halogens is 1. The van der Waals surface area contributed by atoms with Crippen LogP contribution in [0.4, 0.5) is 15.9 Å². The molecule has 0 aliphatic carbocycles. The second kappa shape index (κ2) is 8.95. The molecule has 1 amide bonds. The minimum Gasteiger partial charge on any atom is -0.434 e. The zero-order valence-electron chi connectivity index (χ0n) is 19.4. The summed E-state index contributed by atoms with van der Waals surface area (Å²) in [5.41, 5.74) is 9.87. The number of nitrogen functional groups attached to an aromatic ring is 1. The van der Waals surface area contributed by atoms with Gasteiger partial charge in [-0.25, -0.2) is 9.37 Å². The Kier molecular flexibility index (Phi) is 5.65. The number of nitrogens with two attached hydrogens (primary N) is 1. The van der Waals surface area contributed by atoms with E-state index in [-0.39, 0.29) is 23.4 Å². The van der Waals surface area contributed by atoms with Gasteiger partial charge < -0.3 is 15.8 Å². The van der Waals surface area contributed by atoms with Crippen LogP contribution in [-0.2, 0) is 11.8 Å². The van der Waals surface area contributed by atoms with Gasteiger partial charge in [0, 0.05) is 41.7 Å². The summed E-state index contributed by atoms with van der Waals surface area (Å²) in [5.74, 6) is -0.368. The van der Waals surface area contributed by atoms with E-state index in [1.165, 1.54) is 23.1 Å². The Labute approximate surface area is 204 Å². The summed E-state index contributed by atoms with van der Waals surface area (Å²) in [7, 11) is 1.74. The minimum absolute atomic E-state index is 0.0253. The molecule has 3 aromatic heterocycles. The lowest BCUT2D eigenvalue weighted by Gasteiger charge is -2.09. The van der Waals surface area contributed by atoms with Crippen LogP contribution in [0.25, 0.3) is 27.9 Å². The van der Waals surface area contributed by atoms with Crippen LogP contribution in [0.15, 0.2) is 73.2 Å². The fourth-order valence-electron chi connectivity index (χ4n) is 3.64. The highest BCUT2D eigenvalue weighted by Gasteiger charge is 2.21. The predicted octanol–water partition coefficient (Wildman–Crippen LogP) is 4.22. The van der Waals surface area contributed by atoms with Gasteiger partial charge in [-0.2, -0.15) is 0 Å². The Bertz CT molecular complexity index is 1620. The molecule has 10 nitrogen and oxygen atoms in total. The molecule has 0 unspecified atom stereocenters. The third kappa shape index (κ3) is 4.25. The number of aromatic nitrogens is 6.